The lowest BCUT2D eigenvalue weighted by molar-refractivity contribution is -0.118. The number of amides is 1. The van der Waals surface area contributed by atoms with E-state index >= 15 is 0 Å². The lowest BCUT2D eigenvalue weighted by Crippen LogP contribution is -2.33. The highest BCUT2D eigenvalue weighted by Gasteiger charge is 2.15. The van der Waals surface area contributed by atoms with Crippen molar-refractivity contribution >= 4 is 15.7 Å². The lowest BCUT2D eigenvalue weighted by Gasteiger charge is -2.07. The van der Waals surface area contributed by atoms with Gasteiger partial charge in [0.25, 0.3) is 0 Å². The Balaban J connectivity index is 3.94. The van der Waals surface area contributed by atoms with Crippen LogP contribution in [0.4, 0.5) is 0 Å². The molecule has 0 aromatic rings. The maximum atomic E-state index is 11.3. The molecule has 15 heavy (non-hydrogen) atoms. The molecule has 0 aliphatic heterocycles. The number of rotatable bonds is 7. The predicted molar refractivity (Wildman–Crippen MR) is 60.2 cm³/mol. The molecule has 0 saturated heterocycles. The van der Waals surface area contributed by atoms with Crippen LogP contribution in [-0.4, -0.2) is 38.9 Å². The number of sulfone groups is 1. The molecule has 1 amide bonds. The molecular weight excluding hydrogens is 216 g/mol. The number of hydrogen-bond donors (Lipinski definition) is 2. The third-order valence-corrected chi connectivity index (χ3v) is 3.33. The van der Waals surface area contributed by atoms with Crippen molar-refractivity contribution in [1.29, 1.82) is 0 Å². The minimum Gasteiger partial charge on any atom is -0.355 e. The van der Waals surface area contributed by atoms with Gasteiger partial charge in [-0.15, -0.1) is 0 Å². The maximum absolute atomic E-state index is 11.3. The molecule has 3 N–H and O–H groups in total. The van der Waals surface area contributed by atoms with Gasteiger partial charge >= 0.3 is 0 Å². The summed E-state index contributed by atoms with van der Waals surface area (Å²) in [6, 6.07) is 0. The second kappa shape index (κ2) is 6.79. The Kier molecular flexibility index (Phi) is 6.51. The van der Waals surface area contributed by atoms with Crippen LogP contribution in [0.25, 0.3) is 0 Å². The second-order valence-corrected chi connectivity index (χ2v) is 6.12. The van der Waals surface area contributed by atoms with Crippen LogP contribution >= 0.6 is 0 Å². The van der Waals surface area contributed by atoms with E-state index in [1.807, 2.05) is 13.8 Å². The van der Waals surface area contributed by atoms with Gasteiger partial charge in [0.2, 0.25) is 5.91 Å². The van der Waals surface area contributed by atoms with Gasteiger partial charge in [-0.3, -0.25) is 4.79 Å². The van der Waals surface area contributed by atoms with E-state index in [-0.39, 0.29) is 5.75 Å². The molecule has 0 aromatic carbocycles. The molecule has 0 radical (unpaired) electrons. The molecule has 0 spiro atoms. The number of nitrogens with two attached hydrogens (primary N) is 1. The Bertz CT molecular complexity index is 286. The monoisotopic (exact) mass is 236 g/mol. The molecule has 0 fully saturated rings. The minimum atomic E-state index is -3.28. The Labute approximate surface area is 91.3 Å². The molecule has 0 bridgehead atoms. The quantitative estimate of drug-likeness (QED) is 0.625. The molecule has 5 nitrogen and oxygen atoms in total. The third-order valence-electron chi connectivity index (χ3n) is 1.72. The van der Waals surface area contributed by atoms with Crippen LogP contribution in [0.3, 0.4) is 0 Å². The van der Waals surface area contributed by atoms with E-state index in [9.17, 15) is 13.2 Å². The SMILES string of the molecule is CC(C)CNC(=O)CS(=O)(=O)CCCN. The summed E-state index contributed by atoms with van der Waals surface area (Å²) in [4.78, 5) is 11.2. The second-order valence-electron chi connectivity index (χ2n) is 3.93. The van der Waals surface area contributed by atoms with Gasteiger partial charge in [-0.25, -0.2) is 8.42 Å². The Hall–Kier alpha value is -0.620. The summed E-state index contributed by atoms with van der Waals surface area (Å²) >= 11 is 0. The zero-order valence-electron chi connectivity index (χ0n) is 9.32. The average Bonchev–Trinajstić information content (AvgIpc) is 2.11. The largest absolute Gasteiger partial charge is 0.355 e. The zero-order chi connectivity index (χ0) is 11.9. The van der Waals surface area contributed by atoms with Gasteiger partial charge in [0, 0.05) is 6.54 Å². The van der Waals surface area contributed by atoms with E-state index in [2.05, 4.69) is 5.32 Å². The van der Waals surface area contributed by atoms with Crippen molar-refractivity contribution < 1.29 is 13.2 Å². The van der Waals surface area contributed by atoms with Gasteiger partial charge in [-0.05, 0) is 18.9 Å². The van der Waals surface area contributed by atoms with Gasteiger partial charge in [0.1, 0.15) is 5.75 Å². The maximum Gasteiger partial charge on any atom is 0.235 e. The van der Waals surface area contributed by atoms with Crippen LogP contribution < -0.4 is 11.1 Å². The normalized spacial score (nSPS) is 11.7. The van der Waals surface area contributed by atoms with Gasteiger partial charge in [0.05, 0.1) is 5.75 Å². The van der Waals surface area contributed by atoms with Crippen molar-refractivity contribution in [1.82, 2.24) is 5.32 Å². The Morgan fingerprint density at radius 3 is 2.47 bits per heavy atom. The summed E-state index contributed by atoms with van der Waals surface area (Å²) in [5.74, 6) is -0.556. The zero-order valence-corrected chi connectivity index (χ0v) is 10.1. The van der Waals surface area contributed by atoms with Crippen molar-refractivity contribution in [2.45, 2.75) is 20.3 Å². The van der Waals surface area contributed by atoms with E-state index in [4.69, 9.17) is 5.73 Å². The van der Waals surface area contributed by atoms with Gasteiger partial charge in [-0.2, -0.15) is 0 Å². The first kappa shape index (κ1) is 14.4. The molecule has 90 valence electrons. The lowest BCUT2D eigenvalue weighted by atomic mass is 10.2. The van der Waals surface area contributed by atoms with E-state index in [1.165, 1.54) is 0 Å². The van der Waals surface area contributed by atoms with Crippen LogP contribution in [0.1, 0.15) is 20.3 Å². The molecule has 6 heteroatoms. The fourth-order valence-electron chi connectivity index (χ4n) is 0.944. The van der Waals surface area contributed by atoms with Gasteiger partial charge in [0.15, 0.2) is 9.84 Å². The smallest absolute Gasteiger partial charge is 0.235 e. The summed E-state index contributed by atoms with van der Waals surface area (Å²) < 4.78 is 22.7. The van der Waals surface area contributed by atoms with Crippen molar-refractivity contribution in [3.8, 4) is 0 Å². The van der Waals surface area contributed by atoms with Crippen molar-refractivity contribution in [2.75, 3.05) is 24.6 Å². The number of hydrogen-bond acceptors (Lipinski definition) is 4. The van der Waals surface area contributed by atoms with E-state index in [0.717, 1.165) is 0 Å². The van der Waals surface area contributed by atoms with Crippen molar-refractivity contribution in [3.05, 3.63) is 0 Å². The Morgan fingerprint density at radius 2 is 2.00 bits per heavy atom. The van der Waals surface area contributed by atoms with Crippen LogP contribution in [0.2, 0.25) is 0 Å². The standard InChI is InChI=1S/C9H20N2O3S/c1-8(2)6-11-9(12)7-15(13,14)5-3-4-10/h8H,3-7,10H2,1-2H3,(H,11,12). The van der Waals surface area contributed by atoms with Crippen LogP contribution in [0, 0.1) is 5.92 Å². The topological polar surface area (TPSA) is 89.3 Å². The average molecular weight is 236 g/mol. The molecule has 0 unspecified atom stereocenters. The first-order chi connectivity index (χ1) is 6.87. The van der Waals surface area contributed by atoms with E-state index in [0.29, 0.717) is 25.4 Å². The first-order valence-corrected chi connectivity index (χ1v) is 6.86. The Morgan fingerprint density at radius 1 is 1.40 bits per heavy atom. The van der Waals surface area contributed by atoms with Crippen LogP contribution in [-0.2, 0) is 14.6 Å². The molecule has 0 atom stereocenters. The van der Waals surface area contributed by atoms with Crippen LogP contribution in [0.15, 0.2) is 0 Å². The van der Waals surface area contributed by atoms with Crippen LogP contribution in [0.5, 0.6) is 0 Å². The minimum absolute atomic E-state index is 0.0153. The fourth-order valence-corrected chi connectivity index (χ4v) is 2.20. The summed E-state index contributed by atoms with van der Waals surface area (Å²) in [6.07, 6.45) is 0.403. The van der Waals surface area contributed by atoms with E-state index < -0.39 is 21.5 Å². The summed E-state index contributed by atoms with van der Waals surface area (Å²) in [6.45, 7) is 4.73. The molecule has 0 heterocycles. The molecular formula is C9H20N2O3S. The van der Waals surface area contributed by atoms with Gasteiger partial charge < -0.3 is 11.1 Å². The fraction of sp³-hybridized carbons (Fsp3) is 0.889. The molecule has 0 rings (SSSR count). The number of carbonyl (C=O) groups excluding carboxylic acids is 1. The predicted octanol–water partition coefficient (Wildman–Crippen LogP) is -0.478. The highest BCUT2D eigenvalue weighted by molar-refractivity contribution is 7.92. The molecule has 0 aromatic heterocycles. The first-order valence-electron chi connectivity index (χ1n) is 5.04. The highest BCUT2D eigenvalue weighted by Crippen LogP contribution is 1.94. The van der Waals surface area contributed by atoms with Gasteiger partial charge in [-0.1, -0.05) is 13.8 Å². The number of nitrogens with one attached hydrogen (secondary N) is 1. The van der Waals surface area contributed by atoms with E-state index in [1.54, 1.807) is 0 Å². The number of carbonyl (C=O) groups is 1. The molecule has 0 aliphatic rings. The molecule has 0 aliphatic carbocycles. The summed E-state index contributed by atoms with van der Waals surface area (Å²) in [7, 11) is -3.28. The van der Waals surface area contributed by atoms with Crippen molar-refractivity contribution in [2.24, 2.45) is 11.7 Å². The van der Waals surface area contributed by atoms with Crippen molar-refractivity contribution in [3.63, 3.8) is 0 Å². The molecule has 0 saturated carbocycles. The third kappa shape index (κ3) is 8.38. The highest BCUT2D eigenvalue weighted by atomic mass is 32.2. The summed E-state index contributed by atoms with van der Waals surface area (Å²) in [5.41, 5.74) is 5.20. The summed E-state index contributed by atoms with van der Waals surface area (Å²) in [5, 5.41) is 2.57.